The minimum absolute atomic E-state index is 1.02. The largest absolute Gasteiger partial charge is 0.405 e. The Morgan fingerprint density at radius 2 is 2.09 bits per heavy atom. The zero-order chi connectivity index (χ0) is 8.69. The lowest BCUT2D eigenvalue weighted by Crippen LogP contribution is -1.82. The predicted molar refractivity (Wildman–Crippen MR) is 51.0 cm³/mol. The summed E-state index contributed by atoms with van der Waals surface area (Å²) in [7, 11) is 0. The zero-order valence-electron chi connectivity index (χ0n) is 7.17. The van der Waals surface area contributed by atoms with Gasteiger partial charge in [0.05, 0.1) is 0 Å². The quantitative estimate of drug-likeness (QED) is 0.613. The molecule has 1 heteroatoms. The van der Waals surface area contributed by atoms with Crippen LogP contribution in [-0.4, -0.2) is 0 Å². The molecule has 0 aliphatic heterocycles. The average molecular weight is 149 g/mol. The molecule has 0 aliphatic carbocycles. The highest BCUT2D eigenvalue weighted by Crippen LogP contribution is 2.07. The number of rotatable bonds is 3. The smallest absolute Gasteiger partial charge is 0.00563 e. The molecule has 0 aromatic heterocycles. The van der Waals surface area contributed by atoms with Crippen LogP contribution in [0.5, 0.6) is 0 Å². The Bertz CT molecular complexity index is 207. The van der Waals surface area contributed by atoms with Crippen molar-refractivity contribution in [3.8, 4) is 0 Å². The molecule has 1 nitrogen and oxygen atoms in total. The lowest BCUT2D eigenvalue weighted by Gasteiger charge is -1.96. The molecule has 0 unspecified atom stereocenters. The Kier molecular flexibility index (Phi) is 4.91. The van der Waals surface area contributed by atoms with Gasteiger partial charge in [0.25, 0.3) is 0 Å². The van der Waals surface area contributed by atoms with Crippen LogP contribution in [0.3, 0.4) is 0 Å². The first-order valence-corrected chi connectivity index (χ1v) is 3.59. The van der Waals surface area contributed by atoms with E-state index >= 15 is 0 Å². The summed E-state index contributed by atoms with van der Waals surface area (Å²) < 4.78 is 0. The van der Waals surface area contributed by atoms with Crippen molar-refractivity contribution < 1.29 is 0 Å². The molecular weight excluding hydrogens is 134 g/mol. The molecule has 0 aromatic carbocycles. The molecule has 0 bridgehead atoms. The van der Waals surface area contributed by atoms with E-state index in [0.717, 1.165) is 11.1 Å². The fourth-order valence-electron chi connectivity index (χ4n) is 0.644. The van der Waals surface area contributed by atoms with E-state index < -0.39 is 0 Å². The Balaban J connectivity index is 4.45. The second kappa shape index (κ2) is 5.54. The molecule has 0 atom stereocenters. The van der Waals surface area contributed by atoms with Gasteiger partial charge in [-0.3, -0.25) is 0 Å². The van der Waals surface area contributed by atoms with E-state index in [0.29, 0.717) is 0 Å². The third-order valence-electron chi connectivity index (χ3n) is 1.24. The van der Waals surface area contributed by atoms with E-state index in [1.165, 1.54) is 6.20 Å². The molecule has 60 valence electrons. The summed E-state index contributed by atoms with van der Waals surface area (Å²) in [5.74, 6) is 0. The number of allylic oxidation sites excluding steroid dienone is 6. The number of hydrogen-bond donors (Lipinski definition) is 1. The summed E-state index contributed by atoms with van der Waals surface area (Å²) in [6.07, 6.45) is 9.26. The van der Waals surface area contributed by atoms with Gasteiger partial charge in [0, 0.05) is 0 Å². The predicted octanol–water partition coefficient (Wildman–Crippen LogP) is 2.54. The van der Waals surface area contributed by atoms with Gasteiger partial charge >= 0.3 is 0 Å². The van der Waals surface area contributed by atoms with Gasteiger partial charge in [-0.25, -0.2) is 0 Å². The first-order valence-electron chi connectivity index (χ1n) is 3.59. The van der Waals surface area contributed by atoms with E-state index in [2.05, 4.69) is 6.58 Å². The molecule has 0 saturated carbocycles. The van der Waals surface area contributed by atoms with Crippen LogP contribution in [0.1, 0.15) is 13.8 Å². The van der Waals surface area contributed by atoms with Crippen LogP contribution in [-0.2, 0) is 0 Å². The minimum atomic E-state index is 1.02. The van der Waals surface area contributed by atoms with Crippen molar-refractivity contribution in [2.24, 2.45) is 5.73 Å². The molecule has 0 aliphatic rings. The zero-order valence-corrected chi connectivity index (χ0v) is 7.17. The Morgan fingerprint density at radius 3 is 2.45 bits per heavy atom. The molecule has 0 radical (unpaired) electrons. The van der Waals surface area contributed by atoms with Gasteiger partial charge in [0.15, 0.2) is 0 Å². The van der Waals surface area contributed by atoms with Gasteiger partial charge in [-0.1, -0.05) is 30.4 Å². The standard InChI is InChI=1S/C10H15N/c1-4-5-6-10(7-8-11)9(2)3/h4-8H,2,11H2,1,3H3/b5-4-,8-7-,10-6-. The SMILES string of the molecule is C=C(C)C(/C=C\N)=C\C=C/C. The molecular formula is C10H15N. The highest BCUT2D eigenvalue weighted by atomic mass is 14.5. The summed E-state index contributed by atoms with van der Waals surface area (Å²) in [6, 6.07) is 0. The van der Waals surface area contributed by atoms with Gasteiger partial charge < -0.3 is 5.73 Å². The third-order valence-corrected chi connectivity index (χ3v) is 1.24. The van der Waals surface area contributed by atoms with Crippen LogP contribution in [0.2, 0.25) is 0 Å². The lowest BCUT2D eigenvalue weighted by atomic mass is 10.1. The summed E-state index contributed by atoms with van der Waals surface area (Å²) >= 11 is 0. The van der Waals surface area contributed by atoms with Gasteiger partial charge in [-0.05, 0) is 31.7 Å². The minimum Gasteiger partial charge on any atom is -0.405 e. The van der Waals surface area contributed by atoms with Crippen LogP contribution in [0.25, 0.3) is 0 Å². The summed E-state index contributed by atoms with van der Waals surface area (Å²) in [4.78, 5) is 0. The van der Waals surface area contributed by atoms with Crippen LogP contribution in [0.15, 0.2) is 48.2 Å². The monoisotopic (exact) mass is 149 g/mol. The van der Waals surface area contributed by atoms with Gasteiger partial charge in [0.2, 0.25) is 0 Å². The van der Waals surface area contributed by atoms with Gasteiger partial charge in [-0.15, -0.1) is 0 Å². The normalized spacial score (nSPS) is 13.1. The van der Waals surface area contributed by atoms with E-state index in [1.807, 2.05) is 38.2 Å². The van der Waals surface area contributed by atoms with E-state index in [4.69, 9.17) is 5.73 Å². The van der Waals surface area contributed by atoms with Crippen LogP contribution >= 0.6 is 0 Å². The van der Waals surface area contributed by atoms with Gasteiger partial charge in [-0.2, -0.15) is 0 Å². The maximum absolute atomic E-state index is 5.25. The lowest BCUT2D eigenvalue weighted by molar-refractivity contribution is 1.43. The van der Waals surface area contributed by atoms with Crippen molar-refractivity contribution in [1.29, 1.82) is 0 Å². The van der Waals surface area contributed by atoms with Gasteiger partial charge in [0.1, 0.15) is 0 Å². The maximum atomic E-state index is 5.25. The highest BCUT2D eigenvalue weighted by Gasteiger charge is 1.88. The van der Waals surface area contributed by atoms with E-state index in [1.54, 1.807) is 0 Å². The molecule has 0 fully saturated rings. The van der Waals surface area contributed by atoms with E-state index in [-0.39, 0.29) is 0 Å². The Morgan fingerprint density at radius 1 is 1.45 bits per heavy atom. The topological polar surface area (TPSA) is 26.0 Å². The van der Waals surface area contributed by atoms with Crippen molar-refractivity contribution in [1.82, 2.24) is 0 Å². The summed E-state index contributed by atoms with van der Waals surface area (Å²) in [5.41, 5.74) is 7.33. The maximum Gasteiger partial charge on any atom is -0.00563 e. The molecule has 0 aromatic rings. The number of hydrogen-bond acceptors (Lipinski definition) is 1. The molecule has 0 saturated heterocycles. The molecule has 0 heterocycles. The molecule has 2 N–H and O–H groups in total. The van der Waals surface area contributed by atoms with Crippen LogP contribution < -0.4 is 5.73 Å². The molecule has 0 spiro atoms. The number of nitrogens with two attached hydrogens (primary N) is 1. The Labute approximate surface area is 68.6 Å². The molecule has 11 heavy (non-hydrogen) atoms. The highest BCUT2D eigenvalue weighted by molar-refractivity contribution is 5.38. The first-order chi connectivity index (χ1) is 5.22. The molecule has 0 amide bonds. The third kappa shape index (κ3) is 4.20. The second-order valence-electron chi connectivity index (χ2n) is 2.29. The average Bonchev–Trinajstić information content (AvgIpc) is 1.97. The fraction of sp³-hybridized carbons (Fsp3) is 0.200. The van der Waals surface area contributed by atoms with Crippen molar-refractivity contribution in [2.45, 2.75) is 13.8 Å². The first kappa shape index (κ1) is 9.76. The van der Waals surface area contributed by atoms with Crippen molar-refractivity contribution >= 4 is 0 Å². The van der Waals surface area contributed by atoms with Crippen molar-refractivity contribution in [3.63, 3.8) is 0 Å². The summed E-state index contributed by atoms with van der Waals surface area (Å²) in [6.45, 7) is 7.74. The Hall–Kier alpha value is -1.24. The summed E-state index contributed by atoms with van der Waals surface area (Å²) in [5, 5.41) is 0. The molecule has 0 rings (SSSR count). The van der Waals surface area contributed by atoms with Crippen LogP contribution in [0, 0.1) is 0 Å². The van der Waals surface area contributed by atoms with E-state index in [9.17, 15) is 0 Å². The fourth-order valence-corrected chi connectivity index (χ4v) is 0.644. The van der Waals surface area contributed by atoms with Crippen molar-refractivity contribution in [2.75, 3.05) is 0 Å². The van der Waals surface area contributed by atoms with Crippen molar-refractivity contribution in [3.05, 3.63) is 48.2 Å². The second-order valence-corrected chi connectivity index (χ2v) is 2.29. The van der Waals surface area contributed by atoms with Crippen LogP contribution in [0.4, 0.5) is 0 Å².